The van der Waals surface area contributed by atoms with Crippen LogP contribution in [0, 0.1) is 21.3 Å². The second-order valence-corrected chi connectivity index (χ2v) is 13.0. The first-order chi connectivity index (χ1) is 20.3. The third-order valence-corrected chi connectivity index (χ3v) is 9.87. The molecule has 4 bridgehead atoms. The number of nitrogens with zero attached hydrogens (tertiary/aromatic N) is 1. The summed E-state index contributed by atoms with van der Waals surface area (Å²) in [5.41, 5.74) is 5.92. The molecular weight excluding hydrogens is 645 g/mol. The van der Waals surface area contributed by atoms with Crippen LogP contribution in [0.5, 0.6) is 17.2 Å². The third kappa shape index (κ3) is 6.11. The number of phenols is 1. The number of hydrazone groups is 1. The number of hydrogen-bond acceptors (Lipinski definition) is 6. The van der Waals surface area contributed by atoms with E-state index in [2.05, 4.69) is 28.0 Å². The minimum atomic E-state index is -0.446. The molecule has 0 aliphatic heterocycles. The summed E-state index contributed by atoms with van der Waals surface area (Å²) in [6, 6.07) is 18.2. The molecule has 0 aromatic heterocycles. The summed E-state index contributed by atoms with van der Waals surface area (Å²) in [7, 11) is 1.51. The first kappa shape index (κ1) is 28.5. The van der Waals surface area contributed by atoms with E-state index in [0.717, 1.165) is 23.4 Å². The van der Waals surface area contributed by atoms with Gasteiger partial charge in [0.25, 0.3) is 11.8 Å². The molecule has 4 aliphatic rings. The fourth-order valence-electron chi connectivity index (χ4n) is 7.48. The lowest BCUT2D eigenvalue weighted by Gasteiger charge is -2.57. The van der Waals surface area contributed by atoms with Crippen molar-refractivity contribution < 1.29 is 24.2 Å². The number of halogens is 1. The van der Waals surface area contributed by atoms with Crippen molar-refractivity contribution in [2.24, 2.45) is 22.9 Å². The van der Waals surface area contributed by atoms with Gasteiger partial charge >= 0.3 is 0 Å². The van der Waals surface area contributed by atoms with Gasteiger partial charge in [0, 0.05) is 11.3 Å². The maximum absolute atomic E-state index is 12.7. The van der Waals surface area contributed by atoms with Crippen molar-refractivity contribution in [2.75, 3.05) is 19.0 Å². The van der Waals surface area contributed by atoms with Crippen LogP contribution < -0.4 is 20.2 Å². The highest BCUT2D eigenvalue weighted by atomic mass is 127. The van der Waals surface area contributed by atoms with Crippen LogP contribution in [0.4, 0.5) is 5.69 Å². The van der Waals surface area contributed by atoms with Crippen molar-refractivity contribution in [3.8, 4) is 17.2 Å². The van der Waals surface area contributed by atoms with Crippen molar-refractivity contribution in [2.45, 2.75) is 43.9 Å². The van der Waals surface area contributed by atoms with Crippen LogP contribution in [0.15, 0.2) is 65.8 Å². The van der Waals surface area contributed by atoms with E-state index in [1.54, 1.807) is 30.3 Å². The Morgan fingerprint density at radius 3 is 2.31 bits per heavy atom. The van der Waals surface area contributed by atoms with Gasteiger partial charge in [0.05, 0.1) is 16.9 Å². The van der Waals surface area contributed by atoms with Gasteiger partial charge in [-0.3, -0.25) is 9.59 Å². The predicted octanol–water partition coefficient (Wildman–Crippen LogP) is 6.25. The molecule has 7 rings (SSSR count). The number of carbonyl (C=O) groups excluding carboxylic acids is 2. The van der Waals surface area contributed by atoms with Crippen LogP contribution in [0.2, 0.25) is 0 Å². The molecule has 218 valence electrons. The van der Waals surface area contributed by atoms with Crippen LogP contribution >= 0.6 is 22.6 Å². The number of ether oxygens (including phenoxy) is 2. The number of rotatable bonds is 9. The van der Waals surface area contributed by atoms with Crippen LogP contribution in [-0.2, 0) is 10.2 Å². The van der Waals surface area contributed by atoms with E-state index in [1.807, 2.05) is 34.7 Å². The zero-order valence-corrected chi connectivity index (χ0v) is 25.6. The topological polar surface area (TPSA) is 109 Å². The molecule has 3 N–H and O–H groups in total. The first-order valence-corrected chi connectivity index (χ1v) is 15.4. The number of carbonyl (C=O) groups is 2. The second-order valence-electron chi connectivity index (χ2n) is 11.9. The number of anilines is 1. The SMILES string of the molecule is COc1cc(/C=N\NC(=O)c2ccc(I)c(O)c2)ccc1OCC(=O)Nc1ccc(C23CC4CC(CC(C4)C2)C3)cc1. The Hall–Kier alpha value is -3.60. The molecule has 0 unspecified atom stereocenters. The Morgan fingerprint density at radius 1 is 0.976 bits per heavy atom. The molecule has 0 atom stereocenters. The summed E-state index contributed by atoms with van der Waals surface area (Å²) in [5.74, 6) is 2.87. The second kappa shape index (κ2) is 11.9. The zero-order chi connectivity index (χ0) is 29.3. The monoisotopic (exact) mass is 679 g/mol. The zero-order valence-electron chi connectivity index (χ0n) is 23.4. The lowest BCUT2D eigenvalue weighted by molar-refractivity contribution is -0.118. The van der Waals surface area contributed by atoms with Gasteiger partial charge in [0.2, 0.25) is 0 Å². The highest BCUT2D eigenvalue weighted by Gasteiger charge is 2.51. The largest absolute Gasteiger partial charge is 0.507 e. The molecule has 3 aromatic carbocycles. The number of benzene rings is 3. The third-order valence-electron chi connectivity index (χ3n) is 8.95. The van der Waals surface area contributed by atoms with Crippen LogP contribution in [0.25, 0.3) is 0 Å². The van der Waals surface area contributed by atoms with Gasteiger partial charge in [-0.2, -0.15) is 5.10 Å². The average Bonchev–Trinajstić information content (AvgIpc) is 2.97. The number of phenolic OH excluding ortho intramolecular Hbond substituents is 1. The summed E-state index contributed by atoms with van der Waals surface area (Å²) < 4.78 is 11.8. The number of methoxy groups -OCH3 is 1. The smallest absolute Gasteiger partial charge is 0.271 e. The molecule has 4 aliphatic carbocycles. The number of hydrogen-bond donors (Lipinski definition) is 3. The molecule has 42 heavy (non-hydrogen) atoms. The van der Waals surface area contributed by atoms with Gasteiger partial charge in [0.1, 0.15) is 5.75 Å². The van der Waals surface area contributed by atoms with Crippen molar-refractivity contribution in [1.29, 1.82) is 0 Å². The Bertz CT molecular complexity index is 1490. The summed E-state index contributed by atoms with van der Waals surface area (Å²) in [6.45, 7) is -0.167. The Labute approximate surface area is 259 Å². The van der Waals surface area contributed by atoms with Gasteiger partial charge in [-0.15, -0.1) is 0 Å². The molecule has 4 saturated carbocycles. The van der Waals surface area contributed by atoms with E-state index in [9.17, 15) is 14.7 Å². The molecule has 0 radical (unpaired) electrons. The van der Waals surface area contributed by atoms with E-state index >= 15 is 0 Å². The van der Waals surface area contributed by atoms with Crippen molar-refractivity contribution >= 4 is 46.3 Å². The van der Waals surface area contributed by atoms with E-state index in [4.69, 9.17) is 9.47 Å². The summed E-state index contributed by atoms with van der Waals surface area (Å²) in [5, 5.41) is 16.7. The number of nitrogens with one attached hydrogen (secondary N) is 2. The molecule has 0 heterocycles. The minimum Gasteiger partial charge on any atom is -0.507 e. The molecule has 9 heteroatoms. The maximum atomic E-state index is 12.7. The lowest BCUT2D eigenvalue weighted by Crippen LogP contribution is -2.48. The Balaban J connectivity index is 1.01. The molecular formula is C33H34IN3O5. The fourth-order valence-corrected chi connectivity index (χ4v) is 7.81. The van der Waals surface area contributed by atoms with Crippen LogP contribution in [0.3, 0.4) is 0 Å². The summed E-state index contributed by atoms with van der Waals surface area (Å²) in [4.78, 5) is 24.9. The van der Waals surface area contributed by atoms with Crippen LogP contribution in [-0.4, -0.2) is 36.9 Å². The Kier molecular flexibility index (Phi) is 8.11. The van der Waals surface area contributed by atoms with Gasteiger partial charge in [-0.25, -0.2) is 5.43 Å². The van der Waals surface area contributed by atoms with Gasteiger partial charge in [-0.1, -0.05) is 12.1 Å². The predicted molar refractivity (Wildman–Crippen MR) is 169 cm³/mol. The highest BCUT2D eigenvalue weighted by Crippen LogP contribution is 2.60. The molecule has 0 saturated heterocycles. The van der Waals surface area contributed by atoms with E-state index in [-0.39, 0.29) is 18.3 Å². The standard InChI is InChI=1S/C33H34IN3O5/c1-41-30-13-20(18-35-37-32(40)24-3-8-27(34)28(38)14-24)2-9-29(30)42-19-31(39)36-26-6-4-25(5-7-26)33-15-21-10-22(16-33)12-23(11-21)17-33/h2-9,13-14,18,21-23,38H,10-12,15-17,19H2,1H3,(H,36,39)(H,37,40)/b35-18-. The maximum Gasteiger partial charge on any atom is 0.271 e. The van der Waals surface area contributed by atoms with Gasteiger partial charge in [0.15, 0.2) is 18.1 Å². The van der Waals surface area contributed by atoms with Crippen molar-refractivity contribution in [3.05, 3.63) is 80.9 Å². The molecule has 0 spiro atoms. The highest BCUT2D eigenvalue weighted by molar-refractivity contribution is 14.1. The van der Waals surface area contributed by atoms with E-state index in [0.29, 0.717) is 31.6 Å². The quantitative estimate of drug-likeness (QED) is 0.141. The Morgan fingerprint density at radius 2 is 1.67 bits per heavy atom. The molecule has 8 nitrogen and oxygen atoms in total. The van der Waals surface area contributed by atoms with Gasteiger partial charge < -0.3 is 19.9 Å². The first-order valence-electron chi connectivity index (χ1n) is 14.3. The van der Waals surface area contributed by atoms with Crippen LogP contribution in [0.1, 0.15) is 60.0 Å². The van der Waals surface area contributed by atoms with Gasteiger partial charge in [-0.05, 0) is 144 Å². The van der Waals surface area contributed by atoms with E-state index in [1.165, 1.54) is 63.5 Å². The summed E-state index contributed by atoms with van der Waals surface area (Å²) >= 11 is 1.98. The molecule has 4 fully saturated rings. The summed E-state index contributed by atoms with van der Waals surface area (Å²) in [6.07, 6.45) is 9.70. The van der Waals surface area contributed by atoms with Crippen molar-refractivity contribution in [3.63, 3.8) is 0 Å². The average molecular weight is 680 g/mol. The number of aromatic hydroxyl groups is 1. The molecule has 2 amide bonds. The van der Waals surface area contributed by atoms with Crippen molar-refractivity contribution in [1.82, 2.24) is 5.43 Å². The minimum absolute atomic E-state index is 0.0339. The fraction of sp³-hybridized carbons (Fsp3) is 0.364. The van der Waals surface area contributed by atoms with E-state index < -0.39 is 5.91 Å². The lowest BCUT2D eigenvalue weighted by atomic mass is 9.48. The normalized spacial score (nSPS) is 24.0. The number of amides is 2. The molecule has 3 aromatic rings.